The van der Waals surface area contributed by atoms with Gasteiger partial charge in [-0.15, -0.1) is 5.10 Å². The van der Waals surface area contributed by atoms with Gasteiger partial charge in [0.25, 0.3) is 0 Å². The van der Waals surface area contributed by atoms with E-state index in [0.29, 0.717) is 28.4 Å². The molecule has 0 aliphatic rings. The monoisotopic (exact) mass is 482 g/mol. The van der Waals surface area contributed by atoms with Crippen molar-refractivity contribution in [1.82, 2.24) is 14.6 Å². The minimum Gasteiger partial charge on any atom is -0.496 e. The lowest BCUT2D eigenvalue weighted by Gasteiger charge is -2.05. The number of methoxy groups -OCH3 is 1. The van der Waals surface area contributed by atoms with Crippen LogP contribution in [0.3, 0.4) is 0 Å². The fourth-order valence-corrected chi connectivity index (χ4v) is 3.84. The highest BCUT2D eigenvalue weighted by atomic mass is 32.2. The van der Waals surface area contributed by atoms with Crippen LogP contribution in [-0.2, 0) is 15.4 Å². The first-order valence-corrected chi connectivity index (χ1v) is 11.0. The second kappa shape index (κ2) is 9.10. The Balaban J connectivity index is 1.47. The molecule has 0 N–H and O–H groups in total. The minimum absolute atomic E-state index is 0.0151. The van der Waals surface area contributed by atoms with Gasteiger partial charge in [-0.1, -0.05) is 6.07 Å². The zero-order valence-corrected chi connectivity index (χ0v) is 18.0. The van der Waals surface area contributed by atoms with Gasteiger partial charge < -0.3 is 13.9 Å². The summed E-state index contributed by atoms with van der Waals surface area (Å²) in [5, 5.41) is 5.16. The maximum absolute atomic E-state index is 12.1. The molecule has 3 heterocycles. The molecule has 0 fully saturated rings. The molecule has 0 spiro atoms. The van der Waals surface area contributed by atoms with E-state index < -0.39 is 22.7 Å². The number of amides is 1. The number of aromatic nitrogens is 3. The molecule has 1 unspecified atom stereocenters. The van der Waals surface area contributed by atoms with E-state index in [1.54, 1.807) is 25.4 Å². The third kappa shape index (κ3) is 4.92. The van der Waals surface area contributed by atoms with Gasteiger partial charge in [0.2, 0.25) is 5.88 Å². The predicted molar refractivity (Wildman–Crippen MR) is 113 cm³/mol. The van der Waals surface area contributed by atoms with Crippen LogP contribution in [-0.4, -0.2) is 50.4 Å². The van der Waals surface area contributed by atoms with Crippen LogP contribution in [0.2, 0.25) is 0 Å². The van der Waals surface area contributed by atoms with Gasteiger partial charge >= 0.3 is 12.1 Å². The van der Waals surface area contributed by atoms with E-state index in [1.165, 1.54) is 4.52 Å². The molecule has 0 saturated heterocycles. The summed E-state index contributed by atoms with van der Waals surface area (Å²) in [7, 11) is -1.10. The summed E-state index contributed by atoms with van der Waals surface area (Å²) in [5.41, 5.74) is 1.74. The summed E-state index contributed by atoms with van der Waals surface area (Å²) in [5.74, 6) is -1.19. The molecule has 33 heavy (non-hydrogen) atoms. The molecule has 1 atom stereocenters. The molecule has 0 bridgehead atoms. The Morgan fingerprint density at radius 3 is 2.85 bits per heavy atom. The van der Waals surface area contributed by atoms with Crippen LogP contribution in [0.5, 0.6) is 11.6 Å². The van der Waals surface area contributed by atoms with E-state index in [1.807, 2.05) is 24.3 Å². The number of furan rings is 1. The number of nitrogens with zero attached hydrogens (tertiary/aromatic N) is 4. The summed E-state index contributed by atoms with van der Waals surface area (Å²) in [6.45, 7) is 0.0151. The molecule has 0 aliphatic carbocycles. The van der Waals surface area contributed by atoms with Crippen molar-refractivity contribution in [1.29, 1.82) is 0 Å². The second-order valence-electron chi connectivity index (χ2n) is 6.75. The number of hydrogen-bond acceptors (Lipinski definition) is 7. The van der Waals surface area contributed by atoms with Crippen molar-refractivity contribution < 1.29 is 36.1 Å². The first kappa shape index (κ1) is 22.6. The third-order valence-corrected chi connectivity index (χ3v) is 5.62. The fraction of sp³-hybridized carbons (Fsp3) is 0.250. The van der Waals surface area contributed by atoms with Crippen molar-refractivity contribution in [2.75, 3.05) is 19.5 Å². The number of hydrogen-bond donors (Lipinski definition) is 1. The summed E-state index contributed by atoms with van der Waals surface area (Å²) in [6, 6.07) is 10.5. The first-order chi connectivity index (χ1) is 15.8. The predicted octanol–water partition coefficient (Wildman–Crippen LogP) is 3.67. The zero-order valence-electron chi connectivity index (χ0n) is 17.1. The van der Waals surface area contributed by atoms with Gasteiger partial charge in [-0.2, -0.15) is 17.5 Å². The average molecular weight is 482 g/mol. The summed E-state index contributed by atoms with van der Waals surface area (Å²) in [6.07, 6.45) is -3.42. The molecule has 3 aromatic heterocycles. The summed E-state index contributed by atoms with van der Waals surface area (Å²) in [4.78, 5) is 15.0. The molecule has 0 saturated carbocycles. The topological polar surface area (TPSA) is 108 Å². The molecule has 9 nitrogen and oxygen atoms in total. The van der Waals surface area contributed by atoms with Crippen LogP contribution in [0, 0.1) is 0 Å². The Morgan fingerprint density at radius 1 is 1.27 bits per heavy atom. The number of fused-ring (bicyclic) bond motifs is 2. The van der Waals surface area contributed by atoms with Crippen LogP contribution in [0.15, 0.2) is 51.4 Å². The van der Waals surface area contributed by atoms with Crippen LogP contribution < -0.4 is 9.47 Å². The minimum atomic E-state index is -5.13. The van der Waals surface area contributed by atoms with Gasteiger partial charge in [0, 0.05) is 22.4 Å². The maximum atomic E-state index is 12.1. The van der Waals surface area contributed by atoms with Gasteiger partial charge in [0.05, 0.1) is 25.3 Å². The maximum Gasteiger partial charge on any atom is 0.474 e. The van der Waals surface area contributed by atoms with Crippen molar-refractivity contribution in [3.05, 3.63) is 42.6 Å². The average Bonchev–Trinajstić information content (AvgIpc) is 3.39. The fourth-order valence-electron chi connectivity index (χ4n) is 3.02. The van der Waals surface area contributed by atoms with Crippen molar-refractivity contribution in [2.24, 2.45) is 4.36 Å². The van der Waals surface area contributed by atoms with Crippen molar-refractivity contribution in [3.63, 3.8) is 0 Å². The van der Waals surface area contributed by atoms with Crippen molar-refractivity contribution in [2.45, 2.75) is 12.6 Å². The van der Waals surface area contributed by atoms with Crippen LogP contribution in [0.25, 0.3) is 28.1 Å². The highest BCUT2D eigenvalue weighted by Gasteiger charge is 2.38. The van der Waals surface area contributed by atoms with Gasteiger partial charge in [0.15, 0.2) is 11.4 Å². The number of halogens is 3. The Hall–Kier alpha value is -3.61. The Bertz CT molecular complexity index is 1410. The number of carbonyl (C=O) groups is 1. The van der Waals surface area contributed by atoms with Gasteiger partial charge in [-0.05, 0) is 30.7 Å². The van der Waals surface area contributed by atoms with Crippen molar-refractivity contribution >= 4 is 33.1 Å². The molecule has 174 valence electrons. The van der Waals surface area contributed by atoms with E-state index in [-0.39, 0.29) is 24.7 Å². The van der Waals surface area contributed by atoms with E-state index in [0.717, 1.165) is 5.39 Å². The number of thiol groups is 1. The highest BCUT2D eigenvalue weighted by Crippen LogP contribution is 2.33. The van der Waals surface area contributed by atoms with E-state index in [2.05, 4.69) is 14.4 Å². The SMILES string of the molecule is COc1cccc2oc(-c3cnc4ccc(OCCC/[SH](=O)=N/C(=O)C(F)(F)F)nn34)cc12. The van der Waals surface area contributed by atoms with Crippen LogP contribution in [0.4, 0.5) is 13.2 Å². The standard InChI is InChI=1S/C20H17F3N4O5S/c1-30-14-4-2-5-15-12(14)10-16(32-15)13-11-24-17-6-7-18(25-27(13)17)31-8-3-9-33(29)26-19(28)20(21,22)23/h2,4-7,10-11,33H,3,8-9H2,1H3. The third-order valence-electron chi connectivity index (χ3n) is 4.52. The lowest BCUT2D eigenvalue weighted by molar-refractivity contribution is -0.169. The molecule has 1 aromatic carbocycles. The zero-order chi connectivity index (χ0) is 23.6. The Labute approximate surface area is 186 Å². The molecule has 4 rings (SSSR count). The number of ether oxygens (including phenoxy) is 2. The summed E-state index contributed by atoms with van der Waals surface area (Å²) < 4.78 is 68.9. The van der Waals surface area contributed by atoms with E-state index in [4.69, 9.17) is 13.9 Å². The number of rotatable bonds is 7. The van der Waals surface area contributed by atoms with Crippen LogP contribution >= 0.6 is 0 Å². The smallest absolute Gasteiger partial charge is 0.474 e. The van der Waals surface area contributed by atoms with E-state index in [9.17, 15) is 22.2 Å². The quantitative estimate of drug-likeness (QED) is 0.316. The molecular weight excluding hydrogens is 465 g/mol. The number of imidazole rings is 1. The lowest BCUT2D eigenvalue weighted by atomic mass is 10.2. The van der Waals surface area contributed by atoms with Gasteiger partial charge in [0.1, 0.15) is 17.0 Å². The normalized spacial score (nSPS) is 13.0. The Kier molecular flexibility index (Phi) is 6.22. The number of benzene rings is 1. The number of carbonyl (C=O) groups excluding carboxylic acids is 1. The lowest BCUT2D eigenvalue weighted by Crippen LogP contribution is -2.20. The molecule has 4 aromatic rings. The van der Waals surface area contributed by atoms with Gasteiger partial charge in [-0.3, -0.25) is 9.00 Å². The van der Waals surface area contributed by atoms with E-state index >= 15 is 0 Å². The Morgan fingerprint density at radius 2 is 2.09 bits per heavy atom. The summed E-state index contributed by atoms with van der Waals surface area (Å²) >= 11 is 0. The molecular formula is C20H17F3N4O5S. The van der Waals surface area contributed by atoms with Crippen molar-refractivity contribution in [3.8, 4) is 23.1 Å². The second-order valence-corrected chi connectivity index (χ2v) is 8.10. The molecule has 0 aliphatic heterocycles. The molecule has 13 heteroatoms. The molecule has 1 amide bonds. The van der Waals surface area contributed by atoms with Crippen LogP contribution in [0.1, 0.15) is 6.42 Å². The first-order valence-electron chi connectivity index (χ1n) is 9.58. The number of alkyl halides is 3. The van der Waals surface area contributed by atoms with Gasteiger partial charge in [-0.25, -0.2) is 9.50 Å². The molecule has 0 radical (unpaired) electrons. The largest absolute Gasteiger partial charge is 0.496 e. The highest BCUT2D eigenvalue weighted by molar-refractivity contribution is 7.75.